The number of hydrogen-bond donors (Lipinski definition) is 0. The van der Waals surface area contributed by atoms with Gasteiger partial charge >= 0.3 is 0 Å². The van der Waals surface area contributed by atoms with E-state index in [2.05, 4.69) is 52.1 Å². The van der Waals surface area contributed by atoms with Crippen molar-refractivity contribution < 1.29 is 4.74 Å². The van der Waals surface area contributed by atoms with Gasteiger partial charge in [-0.05, 0) is 91.1 Å². The molecule has 1 aromatic heterocycles. The van der Waals surface area contributed by atoms with E-state index in [4.69, 9.17) is 9.72 Å². The third kappa shape index (κ3) is 3.73. The van der Waals surface area contributed by atoms with Crippen LogP contribution in [0.1, 0.15) is 70.6 Å². The fourth-order valence-electron chi connectivity index (χ4n) is 5.87. The molecule has 6 atom stereocenters. The summed E-state index contributed by atoms with van der Waals surface area (Å²) in [6.07, 6.45) is 7.67. The van der Waals surface area contributed by atoms with Gasteiger partial charge in [0, 0.05) is 19.0 Å². The molecule has 28 heavy (non-hydrogen) atoms. The van der Waals surface area contributed by atoms with Gasteiger partial charge in [0.1, 0.15) is 0 Å². The van der Waals surface area contributed by atoms with Crippen LogP contribution in [0.2, 0.25) is 0 Å². The highest BCUT2D eigenvalue weighted by molar-refractivity contribution is 5.26. The van der Waals surface area contributed by atoms with Crippen molar-refractivity contribution in [2.45, 2.75) is 71.3 Å². The van der Waals surface area contributed by atoms with Crippen LogP contribution in [0.15, 0.2) is 18.3 Å². The van der Waals surface area contributed by atoms with Crippen molar-refractivity contribution in [1.82, 2.24) is 4.98 Å². The van der Waals surface area contributed by atoms with Crippen LogP contribution in [0, 0.1) is 52.8 Å². The van der Waals surface area contributed by atoms with E-state index < -0.39 is 5.60 Å². The molecule has 0 bridgehead atoms. The number of rotatable bonds is 8. The van der Waals surface area contributed by atoms with Gasteiger partial charge in [-0.1, -0.05) is 33.8 Å². The van der Waals surface area contributed by atoms with Crippen LogP contribution >= 0.6 is 0 Å². The molecule has 3 aliphatic carbocycles. The largest absolute Gasteiger partial charge is 0.363 e. The van der Waals surface area contributed by atoms with E-state index in [1.165, 1.54) is 24.1 Å². The molecule has 4 rings (SSSR count). The number of nitriles is 1. The van der Waals surface area contributed by atoms with Gasteiger partial charge in [0.2, 0.25) is 0 Å². The number of methoxy groups -OCH3 is 1. The van der Waals surface area contributed by atoms with Crippen molar-refractivity contribution in [1.29, 1.82) is 5.26 Å². The molecule has 0 spiro atoms. The molecule has 152 valence electrons. The van der Waals surface area contributed by atoms with Crippen molar-refractivity contribution in [3.8, 4) is 6.07 Å². The smallest absolute Gasteiger partial charge is 0.154 e. The number of hydrogen-bond acceptors (Lipinski definition) is 3. The summed E-state index contributed by atoms with van der Waals surface area (Å²) in [5, 5.41) is 9.27. The Labute approximate surface area is 170 Å². The van der Waals surface area contributed by atoms with Crippen molar-refractivity contribution in [2.75, 3.05) is 7.11 Å². The molecule has 1 heterocycles. The maximum absolute atomic E-state index is 9.27. The Bertz CT molecular complexity index is 728. The van der Waals surface area contributed by atoms with Gasteiger partial charge in [-0.15, -0.1) is 0 Å². The third-order valence-corrected chi connectivity index (χ3v) is 8.33. The second-order valence-electron chi connectivity index (χ2n) is 10.4. The van der Waals surface area contributed by atoms with Gasteiger partial charge < -0.3 is 4.74 Å². The lowest BCUT2D eigenvalue weighted by atomic mass is 9.65. The average molecular weight is 381 g/mol. The Hall–Kier alpha value is -1.40. The molecule has 1 aromatic rings. The number of pyridine rings is 1. The lowest BCUT2D eigenvalue weighted by Gasteiger charge is -2.44. The Morgan fingerprint density at radius 3 is 2.43 bits per heavy atom. The summed E-state index contributed by atoms with van der Waals surface area (Å²) in [6, 6.07) is 6.91. The van der Waals surface area contributed by atoms with Crippen LogP contribution in [0.25, 0.3) is 0 Å². The zero-order valence-corrected chi connectivity index (χ0v) is 18.2. The van der Waals surface area contributed by atoms with Gasteiger partial charge in [0.05, 0.1) is 6.07 Å². The Kier molecular flexibility index (Phi) is 5.29. The molecular weight excluding hydrogens is 344 g/mol. The predicted octanol–water partition coefficient (Wildman–Crippen LogP) is 5.61. The molecule has 3 nitrogen and oxygen atoms in total. The van der Waals surface area contributed by atoms with E-state index in [-0.39, 0.29) is 0 Å². The van der Waals surface area contributed by atoms with E-state index in [0.717, 1.165) is 54.8 Å². The highest BCUT2D eigenvalue weighted by atomic mass is 16.5. The fourth-order valence-corrected chi connectivity index (χ4v) is 5.87. The van der Waals surface area contributed by atoms with E-state index >= 15 is 0 Å². The first-order chi connectivity index (χ1) is 13.4. The second-order valence-corrected chi connectivity index (χ2v) is 10.4. The summed E-state index contributed by atoms with van der Waals surface area (Å²) in [4.78, 5) is 4.80. The summed E-state index contributed by atoms with van der Waals surface area (Å²) >= 11 is 0. The Morgan fingerprint density at radius 2 is 1.89 bits per heavy atom. The normalized spacial score (nSPS) is 38.4. The highest BCUT2D eigenvalue weighted by Crippen LogP contribution is 2.60. The summed E-state index contributed by atoms with van der Waals surface area (Å²) in [5.74, 6) is 6.41. The molecule has 0 saturated heterocycles. The van der Waals surface area contributed by atoms with Crippen LogP contribution in [0.3, 0.4) is 0 Å². The zero-order chi connectivity index (χ0) is 20.1. The number of nitrogens with zero attached hydrogens (tertiary/aromatic N) is 2. The lowest BCUT2D eigenvalue weighted by molar-refractivity contribution is -0.0749. The third-order valence-electron chi connectivity index (χ3n) is 8.33. The van der Waals surface area contributed by atoms with E-state index in [9.17, 15) is 5.26 Å². The first-order valence-corrected chi connectivity index (χ1v) is 11.3. The average Bonchev–Trinajstić information content (AvgIpc) is 3.54. The van der Waals surface area contributed by atoms with Crippen LogP contribution < -0.4 is 0 Å². The Balaban J connectivity index is 1.27. The summed E-state index contributed by atoms with van der Waals surface area (Å²) in [6.45, 7) is 9.53. The van der Waals surface area contributed by atoms with Crippen LogP contribution in [-0.2, 0) is 11.2 Å². The van der Waals surface area contributed by atoms with Gasteiger partial charge in [0.25, 0.3) is 0 Å². The Morgan fingerprint density at radius 1 is 1.14 bits per heavy atom. The van der Waals surface area contributed by atoms with Crippen LogP contribution in [0.4, 0.5) is 0 Å². The summed E-state index contributed by atoms with van der Waals surface area (Å²) in [5.41, 5.74) is 2.11. The van der Waals surface area contributed by atoms with Crippen molar-refractivity contribution in [3.05, 3.63) is 29.6 Å². The van der Waals surface area contributed by atoms with Crippen LogP contribution in [0.5, 0.6) is 0 Å². The van der Waals surface area contributed by atoms with Crippen molar-refractivity contribution >= 4 is 0 Å². The topological polar surface area (TPSA) is 45.9 Å². The van der Waals surface area contributed by atoms with Gasteiger partial charge in [-0.25, -0.2) is 0 Å². The molecular formula is C25H36N2O. The van der Waals surface area contributed by atoms with Gasteiger partial charge in [0.15, 0.2) is 5.60 Å². The first kappa shape index (κ1) is 19.9. The minimum atomic E-state index is -0.524. The van der Waals surface area contributed by atoms with Gasteiger partial charge in [-0.2, -0.15) is 5.26 Å². The highest BCUT2D eigenvalue weighted by Gasteiger charge is 2.52. The zero-order valence-electron chi connectivity index (χ0n) is 18.2. The molecule has 0 amide bonds. The quantitative estimate of drug-likeness (QED) is 0.589. The number of aromatic nitrogens is 1. The summed E-state index contributed by atoms with van der Waals surface area (Å²) in [7, 11) is 1.66. The second kappa shape index (κ2) is 7.45. The first-order valence-electron chi connectivity index (χ1n) is 11.3. The molecule has 0 N–H and O–H groups in total. The van der Waals surface area contributed by atoms with E-state index in [1.807, 2.05) is 0 Å². The molecule has 3 heteroatoms. The molecule has 3 fully saturated rings. The molecule has 0 aromatic carbocycles. The number of ether oxygens (including phenoxy) is 1. The lowest BCUT2D eigenvalue weighted by Crippen LogP contribution is -2.46. The summed E-state index contributed by atoms with van der Waals surface area (Å²) < 4.78 is 5.40. The van der Waals surface area contributed by atoms with Crippen molar-refractivity contribution in [2.24, 2.45) is 41.4 Å². The van der Waals surface area contributed by atoms with E-state index in [1.54, 1.807) is 7.11 Å². The SMILES string of the molecule is COC1(C#N)CC(C(C)Cc2ccc([C@@H]3C[C@H]3C(C)C3CC3C(C)C)cn2)C1. The minimum absolute atomic E-state index is 0.524. The molecule has 0 radical (unpaired) electrons. The van der Waals surface area contributed by atoms with E-state index in [0.29, 0.717) is 11.8 Å². The predicted molar refractivity (Wildman–Crippen MR) is 112 cm³/mol. The van der Waals surface area contributed by atoms with Crippen LogP contribution in [-0.4, -0.2) is 17.7 Å². The molecule has 3 saturated carbocycles. The minimum Gasteiger partial charge on any atom is -0.363 e. The standard InChI is InChI=1S/C25H36N2O/c1-15(2)21-9-22(21)17(4)23-10-24(23)18-6-7-20(27-13-18)8-16(3)19-11-25(12-19,14-26)28-5/h6-7,13,15-17,19,21-24H,8-12H2,1-5H3/t16?,17?,19?,21?,22?,23-,24-,25?/m0/s1. The molecule has 4 unspecified atom stereocenters. The van der Waals surface area contributed by atoms with Crippen molar-refractivity contribution in [3.63, 3.8) is 0 Å². The molecule has 3 aliphatic rings. The fraction of sp³-hybridized carbons (Fsp3) is 0.760. The molecule has 0 aliphatic heterocycles. The maximum atomic E-state index is 9.27. The van der Waals surface area contributed by atoms with Gasteiger partial charge in [-0.3, -0.25) is 4.98 Å². The monoisotopic (exact) mass is 380 g/mol. The maximum Gasteiger partial charge on any atom is 0.154 e.